The van der Waals surface area contributed by atoms with E-state index in [0.717, 1.165) is 19.3 Å². The number of piperidine rings is 1. The van der Waals surface area contributed by atoms with Gasteiger partial charge in [0.25, 0.3) is 0 Å². The Kier molecular flexibility index (Phi) is 8.48. The van der Waals surface area contributed by atoms with Crippen LogP contribution in [0.2, 0.25) is 0 Å². The van der Waals surface area contributed by atoms with Crippen molar-refractivity contribution in [2.45, 2.75) is 29.1 Å². The first-order chi connectivity index (χ1) is 17.2. The van der Waals surface area contributed by atoms with Gasteiger partial charge in [0, 0.05) is 37.9 Å². The highest BCUT2D eigenvalue weighted by Crippen LogP contribution is 2.30. The molecule has 0 unspecified atom stereocenters. The number of ether oxygens (including phenoxy) is 2. The standard InChI is InChI=1S/C23H30N4O6S3/c1-32-22-17-20(36(30,31)26-11-3-2-4-12-26)9-10-21(22)25-23(34)24-18-5-7-19(8-6-18)35(28,29)27-13-15-33-16-14-27/h5-10,17H,2-4,11-16H2,1H3,(H2,24,25,34). The maximum absolute atomic E-state index is 13.0. The van der Waals surface area contributed by atoms with Gasteiger partial charge in [-0.3, -0.25) is 0 Å². The van der Waals surface area contributed by atoms with Gasteiger partial charge in [0.05, 0.1) is 35.8 Å². The molecule has 2 heterocycles. The monoisotopic (exact) mass is 554 g/mol. The zero-order chi connectivity index (χ0) is 25.8. The molecule has 0 atom stereocenters. The molecule has 196 valence electrons. The molecule has 0 bridgehead atoms. The van der Waals surface area contributed by atoms with Gasteiger partial charge in [0.1, 0.15) is 5.75 Å². The van der Waals surface area contributed by atoms with Crippen molar-refractivity contribution in [2.75, 3.05) is 57.1 Å². The molecule has 2 aliphatic heterocycles. The number of anilines is 2. The summed E-state index contributed by atoms with van der Waals surface area (Å²) in [5.41, 5.74) is 1.09. The van der Waals surface area contributed by atoms with Crippen LogP contribution in [0.25, 0.3) is 0 Å². The van der Waals surface area contributed by atoms with Crippen LogP contribution in [-0.4, -0.2) is 77.1 Å². The Labute approximate surface area is 217 Å². The van der Waals surface area contributed by atoms with E-state index in [9.17, 15) is 16.8 Å². The van der Waals surface area contributed by atoms with Crippen molar-refractivity contribution < 1.29 is 26.3 Å². The number of hydrogen-bond donors (Lipinski definition) is 2. The summed E-state index contributed by atoms with van der Waals surface area (Å²) in [6.45, 7) is 2.46. The minimum Gasteiger partial charge on any atom is -0.495 e. The molecule has 0 aromatic heterocycles. The fourth-order valence-electron chi connectivity index (χ4n) is 4.12. The first kappa shape index (κ1) is 26.8. The molecule has 0 spiro atoms. The van der Waals surface area contributed by atoms with E-state index in [-0.39, 0.29) is 14.9 Å². The van der Waals surface area contributed by atoms with Crippen molar-refractivity contribution in [3.8, 4) is 5.75 Å². The Morgan fingerprint density at radius 3 is 2.06 bits per heavy atom. The molecule has 2 saturated heterocycles. The zero-order valence-corrected chi connectivity index (χ0v) is 22.4. The topological polar surface area (TPSA) is 117 Å². The van der Waals surface area contributed by atoms with Crippen molar-refractivity contribution in [3.05, 3.63) is 42.5 Å². The van der Waals surface area contributed by atoms with Crippen LogP contribution < -0.4 is 15.4 Å². The van der Waals surface area contributed by atoms with Crippen LogP contribution in [0, 0.1) is 0 Å². The van der Waals surface area contributed by atoms with E-state index in [1.54, 1.807) is 18.2 Å². The summed E-state index contributed by atoms with van der Waals surface area (Å²) >= 11 is 5.40. The molecule has 10 nitrogen and oxygen atoms in total. The summed E-state index contributed by atoms with van der Waals surface area (Å²) in [4.78, 5) is 0.365. The Hall–Kier alpha value is -2.29. The Morgan fingerprint density at radius 2 is 1.42 bits per heavy atom. The lowest BCUT2D eigenvalue weighted by atomic mass is 10.2. The minimum atomic E-state index is -3.60. The average molecular weight is 555 g/mol. The van der Waals surface area contributed by atoms with E-state index in [1.165, 1.54) is 40.0 Å². The Bertz CT molecular complexity index is 1290. The summed E-state index contributed by atoms with van der Waals surface area (Å²) in [7, 11) is -5.72. The lowest BCUT2D eigenvalue weighted by Crippen LogP contribution is -2.40. The summed E-state index contributed by atoms with van der Waals surface area (Å²) < 4.78 is 65.1. The number of nitrogens with zero attached hydrogens (tertiary/aromatic N) is 2. The van der Waals surface area contributed by atoms with Crippen molar-refractivity contribution in [1.29, 1.82) is 0 Å². The minimum absolute atomic E-state index is 0.169. The van der Waals surface area contributed by atoms with Crippen molar-refractivity contribution in [1.82, 2.24) is 8.61 Å². The van der Waals surface area contributed by atoms with Gasteiger partial charge in [-0.05, 0) is 61.5 Å². The predicted octanol–water partition coefficient (Wildman–Crippen LogP) is 2.70. The predicted molar refractivity (Wildman–Crippen MR) is 141 cm³/mol. The van der Waals surface area contributed by atoms with E-state index < -0.39 is 20.0 Å². The van der Waals surface area contributed by atoms with Crippen LogP contribution in [0.1, 0.15) is 19.3 Å². The van der Waals surface area contributed by atoms with E-state index in [2.05, 4.69) is 10.6 Å². The third-order valence-electron chi connectivity index (χ3n) is 6.09. The molecule has 2 fully saturated rings. The van der Waals surface area contributed by atoms with E-state index >= 15 is 0 Å². The average Bonchev–Trinajstić information content (AvgIpc) is 2.90. The maximum atomic E-state index is 13.0. The fraction of sp³-hybridized carbons (Fsp3) is 0.435. The first-order valence-electron chi connectivity index (χ1n) is 11.7. The molecule has 2 N–H and O–H groups in total. The molecular formula is C23H30N4O6S3. The smallest absolute Gasteiger partial charge is 0.243 e. The third kappa shape index (κ3) is 5.98. The molecule has 0 radical (unpaired) electrons. The number of methoxy groups -OCH3 is 1. The molecule has 2 aromatic rings. The molecule has 4 rings (SSSR count). The number of thiocarbonyl (C=S) groups is 1. The van der Waals surface area contributed by atoms with Gasteiger partial charge in [-0.25, -0.2) is 16.8 Å². The van der Waals surface area contributed by atoms with E-state index in [1.807, 2.05) is 0 Å². The zero-order valence-electron chi connectivity index (χ0n) is 20.0. The summed E-state index contributed by atoms with van der Waals surface area (Å²) in [5, 5.41) is 6.26. The van der Waals surface area contributed by atoms with E-state index in [0.29, 0.717) is 56.5 Å². The van der Waals surface area contributed by atoms with Gasteiger partial charge < -0.3 is 20.1 Å². The highest BCUT2D eigenvalue weighted by Gasteiger charge is 2.27. The summed E-state index contributed by atoms with van der Waals surface area (Å²) in [6, 6.07) is 10.9. The quantitative estimate of drug-likeness (QED) is 0.498. The molecule has 2 aliphatic rings. The highest BCUT2D eigenvalue weighted by molar-refractivity contribution is 7.89. The van der Waals surface area contributed by atoms with Crippen molar-refractivity contribution in [2.24, 2.45) is 0 Å². The van der Waals surface area contributed by atoms with Crippen molar-refractivity contribution >= 4 is 48.8 Å². The summed E-state index contributed by atoms with van der Waals surface area (Å²) in [5.74, 6) is 0.337. The van der Waals surface area contributed by atoms with Crippen LogP contribution in [0.4, 0.5) is 11.4 Å². The third-order valence-corrected chi connectivity index (χ3v) is 10.1. The molecule has 36 heavy (non-hydrogen) atoms. The normalized spacial score (nSPS) is 17.9. The van der Waals surface area contributed by atoms with Gasteiger partial charge in [-0.15, -0.1) is 0 Å². The molecule has 0 amide bonds. The molecule has 13 heteroatoms. The van der Waals surface area contributed by atoms with Crippen molar-refractivity contribution in [3.63, 3.8) is 0 Å². The van der Waals surface area contributed by atoms with Gasteiger partial charge in [-0.2, -0.15) is 8.61 Å². The van der Waals surface area contributed by atoms with Crippen LogP contribution >= 0.6 is 12.2 Å². The Morgan fingerprint density at radius 1 is 0.833 bits per heavy atom. The fourth-order valence-corrected chi connectivity index (χ4v) is 7.29. The largest absolute Gasteiger partial charge is 0.495 e. The lowest BCUT2D eigenvalue weighted by Gasteiger charge is -2.26. The number of morpholine rings is 1. The van der Waals surface area contributed by atoms with Crippen LogP contribution in [0.5, 0.6) is 5.75 Å². The van der Waals surface area contributed by atoms with E-state index in [4.69, 9.17) is 21.7 Å². The lowest BCUT2D eigenvalue weighted by molar-refractivity contribution is 0.0730. The second-order valence-electron chi connectivity index (χ2n) is 8.45. The van der Waals surface area contributed by atoms with Crippen LogP contribution in [0.3, 0.4) is 0 Å². The number of nitrogens with one attached hydrogen (secondary N) is 2. The first-order valence-corrected chi connectivity index (χ1v) is 14.9. The molecular weight excluding hydrogens is 524 g/mol. The molecule has 0 saturated carbocycles. The second kappa shape index (κ2) is 11.4. The maximum Gasteiger partial charge on any atom is 0.243 e. The molecule has 2 aromatic carbocycles. The molecule has 0 aliphatic carbocycles. The van der Waals surface area contributed by atoms with Gasteiger partial charge >= 0.3 is 0 Å². The van der Waals surface area contributed by atoms with Gasteiger partial charge in [-0.1, -0.05) is 6.42 Å². The highest BCUT2D eigenvalue weighted by atomic mass is 32.2. The second-order valence-corrected chi connectivity index (χ2v) is 12.7. The number of rotatable bonds is 7. The number of sulfonamides is 2. The summed E-state index contributed by atoms with van der Waals surface area (Å²) in [6.07, 6.45) is 2.75. The Balaban J connectivity index is 1.42. The number of hydrogen-bond acceptors (Lipinski definition) is 7. The van der Waals surface area contributed by atoms with Crippen LogP contribution in [0.15, 0.2) is 52.3 Å². The van der Waals surface area contributed by atoms with Gasteiger partial charge in [0.2, 0.25) is 20.0 Å². The number of benzene rings is 2. The SMILES string of the molecule is COc1cc(S(=O)(=O)N2CCCCC2)ccc1NC(=S)Nc1ccc(S(=O)(=O)N2CCOCC2)cc1. The van der Waals surface area contributed by atoms with Crippen LogP contribution in [-0.2, 0) is 24.8 Å². The van der Waals surface area contributed by atoms with Gasteiger partial charge in [0.15, 0.2) is 5.11 Å².